The molecule has 0 aliphatic heterocycles. The maximum atomic E-state index is 9.93. The standard InChI is InChI=1S/C12H22O/c1-11(2,3)9-6-7-12(4,5)10(13)8-9/h6,10,13H,7-8H2,1-5H3. The van der Waals surface area contributed by atoms with Crippen LogP contribution in [0.4, 0.5) is 0 Å². The van der Waals surface area contributed by atoms with Gasteiger partial charge in [0.25, 0.3) is 0 Å². The van der Waals surface area contributed by atoms with Crippen molar-refractivity contribution in [1.29, 1.82) is 0 Å². The SMILES string of the molecule is CC(C)(C)C1=CCC(C)(C)C(O)C1. The highest BCUT2D eigenvalue weighted by Crippen LogP contribution is 2.40. The summed E-state index contributed by atoms with van der Waals surface area (Å²) in [5, 5.41) is 9.93. The van der Waals surface area contributed by atoms with Crippen LogP contribution in [0.1, 0.15) is 47.5 Å². The highest BCUT2D eigenvalue weighted by Gasteiger charge is 2.33. The van der Waals surface area contributed by atoms with Crippen molar-refractivity contribution in [2.45, 2.75) is 53.6 Å². The van der Waals surface area contributed by atoms with Crippen LogP contribution in [-0.4, -0.2) is 11.2 Å². The Morgan fingerprint density at radius 1 is 1.38 bits per heavy atom. The van der Waals surface area contributed by atoms with Crippen molar-refractivity contribution >= 4 is 0 Å². The minimum Gasteiger partial charge on any atom is -0.392 e. The second kappa shape index (κ2) is 3.13. The zero-order valence-electron chi connectivity index (χ0n) is 9.52. The van der Waals surface area contributed by atoms with Gasteiger partial charge >= 0.3 is 0 Å². The van der Waals surface area contributed by atoms with E-state index in [1.165, 1.54) is 5.57 Å². The molecule has 0 bridgehead atoms. The predicted molar refractivity (Wildman–Crippen MR) is 56.6 cm³/mol. The van der Waals surface area contributed by atoms with E-state index < -0.39 is 0 Å². The first-order valence-corrected chi connectivity index (χ1v) is 5.11. The van der Waals surface area contributed by atoms with E-state index in [0.29, 0.717) is 0 Å². The maximum absolute atomic E-state index is 9.93. The molecule has 1 heteroatoms. The van der Waals surface area contributed by atoms with Gasteiger partial charge < -0.3 is 5.11 Å². The quantitative estimate of drug-likeness (QED) is 0.571. The Morgan fingerprint density at radius 3 is 2.31 bits per heavy atom. The van der Waals surface area contributed by atoms with Gasteiger partial charge in [0, 0.05) is 0 Å². The third-order valence-electron chi connectivity index (χ3n) is 3.15. The van der Waals surface area contributed by atoms with Crippen molar-refractivity contribution in [2.75, 3.05) is 0 Å². The summed E-state index contributed by atoms with van der Waals surface area (Å²) in [5.74, 6) is 0. The van der Waals surface area contributed by atoms with Crippen molar-refractivity contribution in [3.8, 4) is 0 Å². The molecule has 0 radical (unpaired) electrons. The maximum Gasteiger partial charge on any atom is 0.0631 e. The first kappa shape index (κ1) is 10.8. The molecule has 0 amide bonds. The minimum absolute atomic E-state index is 0.0642. The number of aliphatic hydroxyl groups excluding tert-OH is 1. The predicted octanol–water partition coefficient (Wildman–Crippen LogP) is 3.14. The van der Waals surface area contributed by atoms with Gasteiger partial charge in [-0.05, 0) is 23.7 Å². The summed E-state index contributed by atoms with van der Waals surface area (Å²) in [4.78, 5) is 0. The van der Waals surface area contributed by atoms with Gasteiger partial charge in [0.2, 0.25) is 0 Å². The first-order chi connectivity index (χ1) is 5.73. The molecular weight excluding hydrogens is 160 g/mol. The number of rotatable bonds is 0. The molecule has 0 saturated carbocycles. The average molecular weight is 182 g/mol. The van der Waals surface area contributed by atoms with Crippen molar-refractivity contribution < 1.29 is 5.11 Å². The van der Waals surface area contributed by atoms with Gasteiger partial charge in [-0.3, -0.25) is 0 Å². The molecular formula is C12H22O. The normalized spacial score (nSPS) is 28.5. The molecule has 0 aromatic carbocycles. The number of hydrogen-bond acceptors (Lipinski definition) is 1. The minimum atomic E-state index is -0.174. The lowest BCUT2D eigenvalue weighted by atomic mass is 9.70. The van der Waals surface area contributed by atoms with Crippen molar-refractivity contribution in [3.05, 3.63) is 11.6 Å². The Bertz CT molecular complexity index is 218. The Labute approximate surface area is 81.9 Å². The topological polar surface area (TPSA) is 20.2 Å². The van der Waals surface area contributed by atoms with Gasteiger partial charge in [-0.1, -0.05) is 46.3 Å². The lowest BCUT2D eigenvalue weighted by Gasteiger charge is -2.38. The summed E-state index contributed by atoms with van der Waals surface area (Å²) in [6.45, 7) is 10.9. The third kappa shape index (κ3) is 2.34. The second-order valence-electron chi connectivity index (χ2n) is 5.89. The molecule has 13 heavy (non-hydrogen) atoms. The summed E-state index contributed by atoms with van der Waals surface area (Å²) in [7, 11) is 0. The van der Waals surface area contributed by atoms with Gasteiger partial charge in [-0.15, -0.1) is 0 Å². The molecule has 1 aliphatic carbocycles. The van der Waals surface area contributed by atoms with E-state index in [0.717, 1.165) is 12.8 Å². The van der Waals surface area contributed by atoms with E-state index in [9.17, 15) is 5.11 Å². The molecule has 76 valence electrons. The van der Waals surface area contributed by atoms with E-state index in [1.807, 2.05) is 0 Å². The number of allylic oxidation sites excluding steroid dienone is 1. The molecule has 1 atom stereocenters. The van der Waals surface area contributed by atoms with E-state index in [-0.39, 0.29) is 16.9 Å². The van der Waals surface area contributed by atoms with Crippen molar-refractivity contribution in [2.24, 2.45) is 10.8 Å². The van der Waals surface area contributed by atoms with Crippen LogP contribution in [0.5, 0.6) is 0 Å². The van der Waals surface area contributed by atoms with Crippen LogP contribution in [0, 0.1) is 10.8 Å². The summed E-state index contributed by atoms with van der Waals surface area (Å²) < 4.78 is 0. The lowest BCUT2D eigenvalue weighted by Crippen LogP contribution is -2.34. The molecule has 0 saturated heterocycles. The highest BCUT2D eigenvalue weighted by atomic mass is 16.3. The van der Waals surface area contributed by atoms with Crippen molar-refractivity contribution in [3.63, 3.8) is 0 Å². The first-order valence-electron chi connectivity index (χ1n) is 5.11. The summed E-state index contributed by atoms with van der Waals surface area (Å²) in [6.07, 6.45) is 3.98. The van der Waals surface area contributed by atoms with Gasteiger partial charge in [-0.2, -0.15) is 0 Å². The van der Waals surface area contributed by atoms with Crippen LogP contribution in [0.15, 0.2) is 11.6 Å². The summed E-state index contributed by atoms with van der Waals surface area (Å²) >= 11 is 0. The Balaban J connectivity index is 2.81. The molecule has 1 nitrogen and oxygen atoms in total. The molecule has 0 heterocycles. The molecule has 1 unspecified atom stereocenters. The van der Waals surface area contributed by atoms with E-state index in [1.54, 1.807) is 0 Å². The average Bonchev–Trinajstić information content (AvgIpc) is 1.92. The van der Waals surface area contributed by atoms with Crippen LogP contribution in [0.25, 0.3) is 0 Å². The van der Waals surface area contributed by atoms with Crippen LogP contribution < -0.4 is 0 Å². The third-order valence-corrected chi connectivity index (χ3v) is 3.15. The molecule has 0 aromatic heterocycles. The Kier molecular flexibility index (Phi) is 2.59. The zero-order valence-corrected chi connectivity index (χ0v) is 9.52. The largest absolute Gasteiger partial charge is 0.392 e. The van der Waals surface area contributed by atoms with E-state index in [2.05, 4.69) is 40.7 Å². The molecule has 1 N–H and O–H groups in total. The van der Waals surface area contributed by atoms with Crippen LogP contribution in [0.2, 0.25) is 0 Å². The number of aliphatic hydroxyl groups is 1. The smallest absolute Gasteiger partial charge is 0.0631 e. The molecule has 0 aromatic rings. The fourth-order valence-corrected chi connectivity index (χ4v) is 1.70. The lowest BCUT2D eigenvalue weighted by molar-refractivity contribution is 0.0410. The van der Waals surface area contributed by atoms with Gasteiger partial charge in [0.15, 0.2) is 0 Å². The van der Waals surface area contributed by atoms with E-state index >= 15 is 0 Å². The van der Waals surface area contributed by atoms with Crippen LogP contribution >= 0.6 is 0 Å². The van der Waals surface area contributed by atoms with Gasteiger partial charge in [0.05, 0.1) is 6.10 Å². The molecule has 0 fully saturated rings. The Hall–Kier alpha value is -0.300. The highest BCUT2D eigenvalue weighted by molar-refractivity contribution is 5.17. The fourth-order valence-electron chi connectivity index (χ4n) is 1.70. The molecule has 1 aliphatic rings. The molecule has 1 rings (SSSR count). The number of hydrogen-bond donors (Lipinski definition) is 1. The monoisotopic (exact) mass is 182 g/mol. The molecule has 0 spiro atoms. The van der Waals surface area contributed by atoms with Crippen molar-refractivity contribution in [1.82, 2.24) is 0 Å². The summed E-state index contributed by atoms with van der Waals surface area (Å²) in [5.41, 5.74) is 1.69. The van der Waals surface area contributed by atoms with Gasteiger partial charge in [-0.25, -0.2) is 0 Å². The Morgan fingerprint density at radius 2 is 1.92 bits per heavy atom. The summed E-state index contributed by atoms with van der Waals surface area (Å²) in [6, 6.07) is 0. The second-order valence-corrected chi connectivity index (χ2v) is 5.89. The van der Waals surface area contributed by atoms with Crippen LogP contribution in [-0.2, 0) is 0 Å². The van der Waals surface area contributed by atoms with E-state index in [4.69, 9.17) is 0 Å². The fraction of sp³-hybridized carbons (Fsp3) is 0.833. The van der Waals surface area contributed by atoms with Crippen LogP contribution in [0.3, 0.4) is 0 Å². The van der Waals surface area contributed by atoms with Gasteiger partial charge in [0.1, 0.15) is 0 Å². The zero-order chi connectivity index (χ0) is 10.3.